The second-order valence-corrected chi connectivity index (χ2v) is 8.37. The largest absolute Gasteiger partial charge is 0.338 e. The number of carbonyl (C=O) groups excluding carboxylic acids is 1. The van der Waals surface area contributed by atoms with Gasteiger partial charge in [0.15, 0.2) is 0 Å². The molecule has 1 aliphatic rings. The molecule has 140 valence electrons. The van der Waals surface area contributed by atoms with Crippen LogP contribution in [0.5, 0.6) is 0 Å². The molecule has 1 aromatic rings. The molecule has 2 rings (SSSR count). The quantitative estimate of drug-likeness (QED) is 0.798. The van der Waals surface area contributed by atoms with E-state index in [1.54, 1.807) is 12.1 Å². The van der Waals surface area contributed by atoms with Crippen molar-refractivity contribution in [2.45, 2.75) is 31.6 Å². The van der Waals surface area contributed by atoms with Crippen LogP contribution in [-0.4, -0.2) is 63.3 Å². The van der Waals surface area contributed by atoms with Gasteiger partial charge in [-0.25, -0.2) is 8.42 Å². The Hall–Kier alpha value is -1.44. The van der Waals surface area contributed by atoms with E-state index in [1.165, 1.54) is 16.4 Å². The molecular formula is C18H29N3O3S. The van der Waals surface area contributed by atoms with Crippen LogP contribution in [0, 0.1) is 5.92 Å². The Labute approximate surface area is 151 Å². The SMILES string of the molecule is CCN(CC)S(=O)(=O)c1ccc(C(=O)N2CCCC(CNC)C2)cc1. The minimum absolute atomic E-state index is 0.0207. The zero-order valence-corrected chi connectivity index (χ0v) is 16.2. The van der Waals surface area contributed by atoms with Crippen molar-refractivity contribution in [3.05, 3.63) is 29.8 Å². The average Bonchev–Trinajstić information content (AvgIpc) is 2.62. The topological polar surface area (TPSA) is 69.7 Å². The lowest BCUT2D eigenvalue weighted by atomic mass is 9.97. The second kappa shape index (κ2) is 8.78. The van der Waals surface area contributed by atoms with Crippen LogP contribution < -0.4 is 5.32 Å². The molecule has 1 aromatic carbocycles. The van der Waals surface area contributed by atoms with Crippen LogP contribution in [0.3, 0.4) is 0 Å². The van der Waals surface area contributed by atoms with E-state index in [2.05, 4.69) is 5.32 Å². The van der Waals surface area contributed by atoms with E-state index in [9.17, 15) is 13.2 Å². The third-order valence-electron chi connectivity index (χ3n) is 4.74. The fourth-order valence-corrected chi connectivity index (χ4v) is 4.83. The second-order valence-electron chi connectivity index (χ2n) is 6.43. The molecule has 0 aromatic heterocycles. The molecule has 0 radical (unpaired) electrons. The highest BCUT2D eigenvalue weighted by Crippen LogP contribution is 2.20. The lowest BCUT2D eigenvalue weighted by Crippen LogP contribution is -2.42. The Kier molecular flexibility index (Phi) is 6.98. The number of benzene rings is 1. The monoisotopic (exact) mass is 367 g/mol. The molecule has 0 aliphatic carbocycles. The molecule has 1 fully saturated rings. The number of hydrogen-bond donors (Lipinski definition) is 1. The smallest absolute Gasteiger partial charge is 0.253 e. The van der Waals surface area contributed by atoms with Crippen molar-refractivity contribution in [2.75, 3.05) is 39.8 Å². The fraction of sp³-hybridized carbons (Fsp3) is 0.611. The summed E-state index contributed by atoms with van der Waals surface area (Å²) in [7, 11) is -1.56. The Bertz CT molecular complexity index is 667. The van der Waals surface area contributed by atoms with Gasteiger partial charge >= 0.3 is 0 Å². The number of sulfonamides is 1. The van der Waals surface area contributed by atoms with Gasteiger partial charge in [0.25, 0.3) is 5.91 Å². The van der Waals surface area contributed by atoms with Crippen LogP contribution >= 0.6 is 0 Å². The Balaban J connectivity index is 2.12. The molecule has 1 N–H and O–H groups in total. The van der Waals surface area contributed by atoms with Crippen LogP contribution in [0.15, 0.2) is 29.2 Å². The van der Waals surface area contributed by atoms with Crippen LogP contribution in [0.1, 0.15) is 37.0 Å². The molecule has 7 heteroatoms. The van der Waals surface area contributed by atoms with E-state index in [0.717, 1.165) is 32.5 Å². The maximum atomic E-state index is 12.7. The van der Waals surface area contributed by atoms with Crippen molar-refractivity contribution >= 4 is 15.9 Å². The first-order valence-corrected chi connectivity index (χ1v) is 10.4. The van der Waals surface area contributed by atoms with Gasteiger partial charge in [-0.05, 0) is 56.6 Å². The van der Waals surface area contributed by atoms with Gasteiger partial charge in [0.1, 0.15) is 0 Å². The summed E-state index contributed by atoms with van der Waals surface area (Å²) in [6.07, 6.45) is 2.14. The standard InChI is InChI=1S/C18H29N3O3S/c1-4-21(5-2)25(23,24)17-10-8-16(9-11-17)18(22)20-12-6-7-15(14-20)13-19-3/h8-11,15,19H,4-7,12-14H2,1-3H3. The summed E-state index contributed by atoms with van der Waals surface area (Å²) in [5.41, 5.74) is 0.545. The molecule has 1 atom stereocenters. The van der Waals surface area contributed by atoms with Gasteiger partial charge in [-0.15, -0.1) is 0 Å². The number of likely N-dealkylation sites (tertiary alicyclic amines) is 1. The van der Waals surface area contributed by atoms with E-state index in [1.807, 2.05) is 25.8 Å². The van der Waals surface area contributed by atoms with E-state index in [-0.39, 0.29) is 10.8 Å². The number of nitrogens with zero attached hydrogens (tertiary/aromatic N) is 2. The van der Waals surface area contributed by atoms with Crippen LogP contribution in [0.25, 0.3) is 0 Å². The molecule has 0 saturated carbocycles. The minimum Gasteiger partial charge on any atom is -0.338 e. The van der Waals surface area contributed by atoms with Crippen molar-refractivity contribution in [1.82, 2.24) is 14.5 Å². The van der Waals surface area contributed by atoms with Crippen molar-refractivity contribution in [3.63, 3.8) is 0 Å². The van der Waals surface area contributed by atoms with Crippen molar-refractivity contribution in [1.29, 1.82) is 0 Å². The summed E-state index contributed by atoms with van der Waals surface area (Å²) in [5.74, 6) is 0.456. The number of nitrogens with one attached hydrogen (secondary N) is 1. The Morgan fingerprint density at radius 3 is 2.44 bits per heavy atom. The van der Waals surface area contributed by atoms with Crippen LogP contribution in [0.4, 0.5) is 0 Å². The first-order valence-electron chi connectivity index (χ1n) is 8.98. The average molecular weight is 368 g/mol. The van der Waals surface area contributed by atoms with Gasteiger partial charge in [0.05, 0.1) is 4.90 Å². The minimum atomic E-state index is -3.48. The van der Waals surface area contributed by atoms with Crippen molar-refractivity contribution < 1.29 is 13.2 Å². The fourth-order valence-electron chi connectivity index (χ4n) is 3.37. The number of hydrogen-bond acceptors (Lipinski definition) is 4. The zero-order valence-electron chi connectivity index (χ0n) is 15.4. The third-order valence-corrected chi connectivity index (χ3v) is 6.81. The van der Waals surface area contributed by atoms with E-state index >= 15 is 0 Å². The molecule has 1 saturated heterocycles. The molecular weight excluding hydrogens is 338 g/mol. The summed E-state index contributed by atoms with van der Waals surface area (Å²) in [4.78, 5) is 14.8. The van der Waals surface area contributed by atoms with Gasteiger partial charge in [-0.1, -0.05) is 13.8 Å². The molecule has 1 heterocycles. The zero-order chi connectivity index (χ0) is 18.4. The van der Waals surface area contributed by atoms with E-state index in [0.29, 0.717) is 24.6 Å². The van der Waals surface area contributed by atoms with Crippen LogP contribution in [0.2, 0.25) is 0 Å². The molecule has 1 unspecified atom stereocenters. The van der Waals surface area contributed by atoms with Crippen molar-refractivity contribution in [3.8, 4) is 0 Å². The third kappa shape index (κ3) is 4.59. The Morgan fingerprint density at radius 1 is 1.24 bits per heavy atom. The first-order chi connectivity index (χ1) is 11.9. The molecule has 0 spiro atoms. The summed E-state index contributed by atoms with van der Waals surface area (Å²) in [6, 6.07) is 6.33. The predicted molar refractivity (Wildman–Crippen MR) is 99.1 cm³/mol. The van der Waals surface area contributed by atoms with Gasteiger partial charge in [0, 0.05) is 31.7 Å². The molecule has 25 heavy (non-hydrogen) atoms. The van der Waals surface area contributed by atoms with Gasteiger partial charge < -0.3 is 10.2 Å². The number of amides is 1. The number of piperidine rings is 1. The van der Waals surface area contributed by atoms with Gasteiger partial charge in [-0.3, -0.25) is 4.79 Å². The van der Waals surface area contributed by atoms with Gasteiger partial charge in [-0.2, -0.15) is 4.31 Å². The Morgan fingerprint density at radius 2 is 1.88 bits per heavy atom. The molecule has 0 bridgehead atoms. The van der Waals surface area contributed by atoms with Gasteiger partial charge in [0.2, 0.25) is 10.0 Å². The maximum Gasteiger partial charge on any atom is 0.253 e. The highest BCUT2D eigenvalue weighted by molar-refractivity contribution is 7.89. The molecule has 6 nitrogen and oxygen atoms in total. The van der Waals surface area contributed by atoms with Crippen LogP contribution in [-0.2, 0) is 10.0 Å². The van der Waals surface area contributed by atoms with Crippen molar-refractivity contribution in [2.24, 2.45) is 5.92 Å². The lowest BCUT2D eigenvalue weighted by molar-refractivity contribution is 0.0674. The highest BCUT2D eigenvalue weighted by Gasteiger charge is 2.25. The normalized spacial score (nSPS) is 18.6. The summed E-state index contributed by atoms with van der Waals surface area (Å²) in [6.45, 7) is 6.91. The lowest BCUT2D eigenvalue weighted by Gasteiger charge is -2.32. The maximum absolute atomic E-state index is 12.7. The first kappa shape index (κ1) is 19.9. The predicted octanol–water partition coefficient (Wildman–Crippen LogP) is 1.79. The summed E-state index contributed by atoms with van der Waals surface area (Å²) >= 11 is 0. The molecule has 1 aliphatic heterocycles. The highest BCUT2D eigenvalue weighted by atomic mass is 32.2. The molecule has 1 amide bonds. The summed E-state index contributed by atoms with van der Waals surface area (Å²) < 4.78 is 26.4. The number of rotatable bonds is 7. The summed E-state index contributed by atoms with van der Waals surface area (Å²) in [5, 5.41) is 3.17. The van der Waals surface area contributed by atoms with E-state index < -0.39 is 10.0 Å². The number of carbonyl (C=O) groups is 1. The van der Waals surface area contributed by atoms with E-state index in [4.69, 9.17) is 0 Å².